The van der Waals surface area contributed by atoms with Gasteiger partial charge < -0.3 is 5.11 Å². The number of likely N-dealkylation sites (tertiary alicyclic amines) is 1. The Balaban J connectivity index is 1.90. The van der Waals surface area contributed by atoms with E-state index in [1.807, 2.05) is 0 Å². The van der Waals surface area contributed by atoms with Gasteiger partial charge in [-0.25, -0.2) is 0 Å². The summed E-state index contributed by atoms with van der Waals surface area (Å²) in [5.41, 5.74) is 2.65. The summed E-state index contributed by atoms with van der Waals surface area (Å²) < 4.78 is 0. The number of carboxylic acids is 1. The van der Waals surface area contributed by atoms with Gasteiger partial charge in [-0.3, -0.25) is 9.69 Å². The molecule has 1 heterocycles. The minimum atomic E-state index is -0.673. The summed E-state index contributed by atoms with van der Waals surface area (Å²) in [4.78, 5) is 13.2. The van der Waals surface area contributed by atoms with Gasteiger partial charge in [0.05, 0.1) is 0 Å². The molecule has 0 saturated carbocycles. The maximum absolute atomic E-state index is 11.1. The van der Waals surface area contributed by atoms with E-state index in [0.29, 0.717) is 5.92 Å². The van der Waals surface area contributed by atoms with Gasteiger partial charge in [0, 0.05) is 6.54 Å². The molecule has 0 radical (unpaired) electrons. The maximum Gasteiger partial charge on any atom is 0.320 e. The van der Waals surface area contributed by atoms with Crippen molar-refractivity contribution in [1.29, 1.82) is 0 Å². The molecule has 1 aliphatic heterocycles. The monoisotopic (exact) mass is 261 g/mol. The van der Waals surface area contributed by atoms with Gasteiger partial charge in [0.1, 0.15) is 6.04 Å². The minimum Gasteiger partial charge on any atom is -0.480 e. The van der Waals surface area contributed by atoms with Crippen LogP contribution in [0.2, 0.25) is 0 Å². The van der Waals surface area contributed by atoms with E-state index >= 15 is 0 Å². The van der Waals surface area contributed by atoms with E-state index in [4.69, 9.17) is 5.11 Å². The summed E-state index contributed by atoms with van der Waals surface area (Å²) in [6.45, 7) is 6.15. The summed E-state index contributed by atoms with van der Waals surface area (Å²) in [6.07, 6.45) is 2.73. The van der Waals surface area contributed by atoms with Crippen molar-refractivity contribution in [3.05, 3.63) is 35.4 Å². The van der Waals surface area contributed by atoms with E-state index < -0.39 is 5.97 Å². The number of hydrogen-bond acceptors (Lipinski definition) is 2. The van der Waals surface area contributed by atoms with Gasteiger partial charge in [-0.15, -0.1) is 0 Å². The molecule has 3 nitrogen and oxygen atoms in total. The SMILES string of the molecule is CC(C)c1ccc(CCN2CCC[C@@H]2C(=O)O)cc1. The molecule has 0 amide bonds. The van der Waals surface area contributed by atoms with Gasteiger partial charge >= 0.3 is 5.97 Å². The van der Waals surface area contributed by atoms with E-state index in [2.05, 4.69) is 43.0 Å². The zero-order valence-electron chi connectivity index (χ0n) is 11.8. The average molecular weight is 261 g/mol. The first-order valence-corrected chi connectivity index (χ1v) is 7.13. The van der Waals surface area contributed by atoms with Crippen LogP contribution < -0.4 is 0 Å². The average Bonchev–Trinajstić information content (AvgIpc) is 2.85. The first-order valence-electron chi connectivity index (χ1n) is 7.13. The van der Waals surface area contributed by atoms with Crippen molar-refractivity contribution < 1.29 is 9.90 Å². The van der Waals surface area contributed by atoms with Crippen molar-refractivity contribution in [3.8, 4) is 0 Å². The fourth-order valence-electron chi connectivity index (χ4n) is 2.72. The highest BCUT2D eigenvalue weighted by atomic mass is 16.4. The fourth-order valence-corrected chi connectivity index (χ4v) is 2.72. The van der Waals surface area contributed by atoms with Crippen molar-refractivity contribution in [2.24, 2.45) is 0 Å². The number of carboxylic acid groups (broad SMARTS) is 1. The van der Waals surface area contributed by atoms with Gasteiger partial charge in [0.15, 0.2) is 0 Å². The lowest BCUT2D eigenvalue weighted by atomic mass is 10.0. The molecule has 1 saturated heterocycles. The van der Waals surface area contributed by atoms with Gasteiger partial charge in [0.2, 0.25) is 0 Å². The topological polar surface area (TPSA) is 40.5 Å². The number of hydrogen-bond donors (Lipinski definition) is 1. The Morgan fingerprint density at radius 2 is 2.05 bits per heavy atom. The zero-order chi connectivity index (χ0) is 13.8. The lowest BCUT2D eigenvalue weighted by Gasteiger charge is -2.20. The summed E-state index contributed by atoms with van der Waals surface area (Å²) in [5, 5.41) is 9.14. The van der Waals surface area contributed by atoms with Gasteiger partial charge in [-0.2, -0.15) is 0 Å². The minimum absolute atomic E-state index is 0.269. The Bertz CT molecular complexity index is 425. The van der Waals surface area contributed by atoms with Crippen LogP contribution in [-0.2, 0) is 11.2 Å². The highest BCUT2D eigenvalue weighted by Crippen LogP contribution is 2.19. The fraction of sp³-hybridized carbons (Fsp3) is 0.562. The van der Waals surface area contributed by atoms with E-state index in [0.717, 1.165) is 32.4 Å². The first-order chi connectivity index (χ1) is 9.08. The Hall–Kier alpha value is -1.35. The molecule has 1 atom stereocenters. The lowest BCUT2D eigenvalue weighted by Crippen LogP contribution is -2.37. The van der Waals surface area contributed by atoms with E-state index in [-0.39, 0.29) is 6.04 Å². The number of benzene rings is 1. The van der Waals surface area contributed by atoms with Crippen LogP contribution in [0, 0.1) is 0 Å². The summed E-state index contributed by atoms with van der Waals surface area (Å²) in [7, 11) is 0. The van der Waals surface area contributed by atoms with Crippen molar-refractivity contribution in [3.63, 3.8) is 0 Å². The van der Waals surface area contributed by atoms with Crippen molar-refractivity contribution in [2.75, 3.05) is 13.1 Å². The predicted octanol–water partition coefficient (Wildman–Crippen LogP) is 2.90. The Labute approximate surface area is 115 Å². The normalized spacial score (nSPS) is 20.1. The van der Waals surface area contributed by atoms with Gasteiger partial charge in [-0.05, 0) is 42.9 Å². The van der Waals surface area contributed by atoms with Crippen LogP contribution in [0.25, 0.3) is 0 Å². The molecule has 1 N–H and O–H groups in total. The second-order valence-corrected chi connectivity index (χ2v) is 5.68. The molecule has 0 unspecified atom stereocenters. The lowest BCUT2D eigenvalue weighted by molar-refractivity contribution is -0.142. The molecule has 0 spiro atoms. The second-order valence-electron chi connectivity index (χ2n) is 5.68. The molecule has 104 valence electrons. The van der Waals surface area contributed by atoms with E-state index in [1.165, 1.54) is 11.1 Å². The standard InChI is InChI=1S/C16H23NO2/c1-12(2)14-7-5-13(6-8-14)9-11-17-10-3-4-15(17)16(18)19/h5-8,12,15H,3-4,9-11H2,1-2H3,(H,18,19)/t15-/m1/s1. The largest absolute Gasteiger partial charge is 0.480 e. The third-order valence-corrected chi connectivity index (χ3v) is 3.98. The van der Waals surface area contributed by atoms with Crippen molar-refractivity contribution in [1.82, 2.24) is 4.90 Å². The third kappa shape index (κ3) is 3.57. The number of rotatable bonds is 5. The Morgan fingerprint density at radius 1 is 1.37 bits per heavy atom. The van der Waals surface area contributed by atoms with Crippen LogP contribution in [0.3, 0.4) is 0 Å². The van der Waals surface area contributed by atoms with Gasteiger partial charge in [-0.1, -0.05) is 38.1 Å². The van der Waals surface area contributed by atoms with Gasteiger partial charge in [0.25, 0.3) is 0 Å². The molecule has 1 aromatic carbocycles. The van der Waals surface area contributed by atoms with Crippen LogP contribution in [0.5, 0.6) is 0 Å². The van der Waals surface area contributed by atoms with Crippen LogP contribution >= 0.6 is 0 Å². The predicted molar refractivity (Wildman–Crippen MR) is 76.5 cm³/mol. The maximum atomic E-state index is 11.1. The second kappa shape index (κ2) is 6.20. The quantitative estimate of drug-likeness (QED) is 0.886. The molecule has 1 aliphatic rings. The van der Waals surface area contributed by atoms with Crippen LogP contribution in [0.4, 0.5) is 0 Å². The summed E-state index contributed by atoms with van der Waals surface area (Å²) in [5.74, 6) is -0.114. The highest BCUT2D eigenvalue weighted by molar-refractivity contribution is 5.73. The third-order valence-electron chi connectivity index (χ3n) is 3.98. The van der Waals surface area contributed by atoms with E-state index in [9.17, 15) is 4.79 Å². The number of carbonyl (C=O) groups is 1. The smallest absolute Gasteiger partial charge is 0.320 e. The van der Waals surface area contributed by atoms with E-state index in [1.54, 1.807) is 0 Å². The van der Waals surface area contributed by atoms with Crippen LogP contribution in [-0.4, -0.2) is 35.1 Å². The van der Waals surface area contributed by atoms with Crippen LogP contribution in [0.1, 0.15) is 43.7 Å². The Kier molecular flexibility index (Phi) is 4.59. The zero-order valence-corrected chi connectivity index (χ0v) is 11.8. The molecule has 2 rings (SSSR count). The molecule has 1 aromatic rings. The highest BCUT2D eigenvalue weighted by Gasteiger charge is 2.29. The van der Waals surface area contributed by atoms with Crippen molar-refractivity contribution >= 4 is 5.97 Å². The van der Waals surface area contributed by atoms with Crippen molar-refractivity contribution in [2.45, 2.75) is 45.1 Å². The molecule has 0 aromatic heterocycles. The Morgan fingerprint density at radius 3 is 2.63 bits per heavy atom. The molecule has 19 heavy (non-hydrogen) atoms. The number of aliphatic carboxylic acids is 1. The molecule has 1 fully saturated rings. The molecular weight excluding hydrogens is 238 g/mol. The molecule has 0 aliphatic carbocycles. The number of nitrogens with zero attached hydrogens (tertiary/aromatic N) is 1. The summed E-state index contributed by atoms with van der Waals surface area (Å²) in [6, 6.07) is 8.43. The first kappa shape index (κ1) is 14.1. The molecular formula is C16H23NO2. The van der Waals surface area contributed by atoms with Crippen LogP contribution in [0.15, 0.2) is 24.3 Å². The molecule has 0 bridgehead atoms. The molecule has 3 heteroatoms. The summed E-state index contributed by atoms with van der Waals surface area (Å²) >= 11 is 0.